The Morgan fingerprint density at radius 2 is 1.71 bits per heavy atom. The van der Waals surface area contributed by atoms with Gasteiger partial charge in [-0.2, -0.15) is 4.31 Å². The number of carbonyl (C=O) groups excluding carboxylic acids is 1. The predicted octanol–water partition coefficient (Wildman–Crippen LogP) is 3.83. The van der Waals surface area contributed by atoms with Crippen molar-refractivity contribution >= 4 is 15.9 Å². The fourth-order valence-electron chi connectivity index (χ4n) is 5.06. The van der Waals surface area contributed by atoms with Gasteiger partial charge in [0.25, 0.3) is 5.91 Å². The number of sulfonamides is 1. The third-order valence-electron chi connectivity index (χ3n) is 7.00. The fraction of sp³-hybridized carbons (Fsp3) is 0.500. The first-order chi connectivity index (χ1) is 16.4. The van der Waals surface area contributed by atoms with Gasteiger partial charge in [0.1, 0.15) is 5.75 Å². The van der Waals surface area contributed by atoms with Gasteiger partial charge in [-0.15, -0.1) is 0 Å². The van der Waals surface area contributed by atoms with Crippen molar-refractivity contribution in [2.24, 2.45) is 0 Å². The van der Waals surface area contributed by atoms with E-state index in [0.29, 0.717) is 18.7 Å². The van der Waals surface area contributed by atoms with Crippen molar-refractivity contribution in [2.75, 3.05) is 33.3 Å². The normalized spacial score (nSPS) is 20.7. The molecule has 0 aromatic heterocycles. The van der Waals surface area contributed by atoms with Gasteiger partial charge < -0.3 is 10.1 Å². The highest BCUT2D eigenvalue weighted by Gasteiger charge is 2.31. The molecular formula is C26H35N3O4S. The number of piperidine rings is 1. The molecule has 0 spiro atoms. The van der Waals surface area contributed by atoms with Gasteiger partial charge in [-0.05, 0) is 76.0 Å². The first kappa shape index (κ1) is 24.7. The number of para-hydroxylation sites is 1. The van der Waals surface area contributed by atoms with Gasteiger partial charge in [-0.25, -0.2) is 8.42 Å². The summed E-state index contributed by atoms with van der Waals surface area (Å²) in [5.74, 6) is 0.601. The molecule has 8 heteroatoms. The Morgan fingerprint density at radius 1 is 1.03 bits per heavy atom. The lowest BCUT2D eigenvalue weighted by Gasteiger charge is -2.32. The van der Waals surface area contributed by atoms with Gasteiger partial charge in [0.15, 0.2) is 0 Å². The van der Waals surface area contributed by atoms with E-state index in [9.17, 15) is 13.2 Å². The number of ether oxygens (including phenoxy) is 1. The molecule has 2 unspecified atom stereocenters. The number of nitrogens with one attached hydrogen (secondary N) is 1. The van der Waals surface area contributed by atoms with Crippen molar-refractivity contribution in [3.05, 3.63) is 59.7 Å². The molecule has 2 aromatic rings. The van der Waals surface area contributed by atoms with E-state index in [-0.39, 0.29) is 22.9 Å². The van der Waals surface area contributed by atoms with Gasteiger partial charge in [0, 0.05) is 30.3 Å². The minimum atomic E-state index is -3.55. The van der Waals surface area contributed by atoms with Crippen LogP contribution in [0.1, 0.15) is 61.0 Å². The van der Waals surface area contributed by atoms with Crippen molar-refractivity contribution in [1.82, 2.24) is 14.5 Å². The van der Waals surface area contributed by atoms with E-state index in [2.05, 4.69) is 16.3 Å². The zero-order valence-electron chi connectivity index (χ0n) is 20.1. The topological polar surface area (TPSA) is 78.9 Å². The van der Waals surface area contributed by atoms with Crippen molar-refractivity contribution in [3.63, 3.8) is 0 Å². The first-order valence-electron chi connectivity index (χ1n) is 12.2. The molecule has 184 valence electrons. The fourth-order valence-corrected chi connectivity index (χ4v) is 6.76. The summed E-state index contributed by atoms with van der Waals surface area (Å²) in [6.07, 6.45) is 5.11. The zero-order chi connectivity index (χ0) is 24.1. The van der Waals surface area contributed by atoms with E-state index in [4.69, 9.17) is 4.74 Å². The predicted molar refractivity (Wildman–Crippen MR) is 133 cm³/mol. The van der Waals surface area contributed by atoms with E-state index in [1.165, 1.54) is 0 Å². The lowest BCUT2D eigenvalue weighted by atomic mass is 10.0. The number of hydrogen-bond donors (Lipinski definition) is 1. The summed E-state index contributed by atoms with van der Waals surface area (Å²) in [6.45, 7) is 4.92. The second-order valence-corrected chi connectivity index (χ2v) is 11.1. The van der Waals surface area contributed by atoms with E-state index in [1.807, 2.05) is 25.1 Å². The molecule has 2 aliphatic heterocycles. The summed E-state index contributed by atoms with van der Waals surface area (Å²) in [5, 5.41) is 3.06. The van der Waals surface area contributed by atoms with Crippen LogP contribution in [0.25, 0.3) is 0 Å². The monoisotopic (exact) mass is 485 g/mol. The SMILES string of the molecule is COc1ccccc1C(CNC(=O)c1ccc(S(=O)(=O)N2CCCCC2C)cc1)N1CCCC1. The molecule has 7 nitrogen and oxygen atoms in total. The number of hydrogen-bond acceptors (Lipinski definition) is 5. The Labute approximate surface area is 203 Å². The molecule has 2 atom stereocenters. The quantitative estimate of drug-likeness (QED) is 0.615. The number of nitrogens with zero attached hydrogens (tertiary/aromatic N) is 2. The molecule has 34 heavy (non-hydrogen) atoms. The summed E-state index contributed by atoms with van der Waals surface area (Å²) in [7, 11) is -1.89. The molecule has 4 rings (SSSR count). The smallest absolute Gasteiger partial charge is 0.251 e. The van der Waals surface area contributed by atoms with Crippen LogP contribution in [0.3, 0.4) is 0 Å². The molecule has 2 fully saturated rings. The van der Waals surface area contributed by atoms with E-state index >= 15 is 0 Å². The molecule has 0 aliphatic carbocycles. The van der Waals surface area contributed by atoms with Crippen LogP contribution >= 0.6 is 0 Å². The largest absolute Gasteiger partial charge is 0.496 e. The lowest BCUT2D eigenvalue weighted by Crippen LogP contribution is -2.41. The third-order valence-corrected chi connectivity index (χ3v) is 9.03. The van der Waals surface area contributed by atoms with E-state index in [1.54, 1.807) is 35.7 Å². The standard InChI is InChI=1S/C26H35N3O4S/c1-20-9-5-6-18-29(20)34(31,32)22-14-12-21(13-15-22)26(30)27-19-24(28-16-7-8-17-28)23-10-3-4-11-25(23)33-2/h3-4,10-15,20,24H,5-9,16-19H2,1-2H3,(H,27,30). The maximum atomic E-state index is 13.1. The molecule has 0 saturated carbocycles. The Morgan fingerprint density at radius 3 is 2.38 bits per heavy atom. The van der Waals surface area contributed by atoms with Crippen LogP contribution < -0.4 is 10.1 Å². The van der Waals surface area contributed by atoms with Crippen LogP contribution in [0.4, 0.5) is 0 Å². The maximum Gasteiger partial charge on any atom is 0.251 e. The van der Waals surface area contributed by atoms with Crippen molar-refractivity contribution < 1.29 is 17.9 Å². The van der Waals surface area contributed by atoms with Gasteiger partial charge in [0.2, 0.25) is 10.0 Å². The van der Waals surface area contributed by atoms with Crippen LogP contribution in [0.2, 0.25) is 0 Å². The summed E-state index contributed by atoms with van der Waals surface area (Å²) in [6, 6.07) is 14.2. The Balaban J connectivity index is 1.46. The molecule has 0 radical (unpaired) electrons. The molecule has 1 N–H and O–H groups in total. The van der Waals surface area contributed by atoms with Crippen LogP contribution in [-0.4, -0.2) is 62.9 Å². The van der Waals surface area contributed by atoms with Crippen LogP contribution in [0.5, 0.6) is 5.75 Å². The van der Waals surface area contributed by atoms with Gasteiger partial charge in [-0.3, -0.25) is 9.69 Å². The average Bonchev–Trinajstić information content (AvgIpc) is 3.39. The summed E-state index contributed by atoms with van der Waals surface area (Å²) >= 11 is 0. The number of benzene rings is 2. The highest BCUT2D eigenvalue weighted by atomic mass is 32.2. The first-order valence-corrected chi connectivity index (χ1v) is 13.6. The van der Waals surface area contributed by atoms with Gasteiger partial charge in [-0.1, -0.05) is 24.6 Å². The Hall–Kier alpha value is -2.42. The van der Waals surface area contributed by atoms with Crippen LogP contribution in [0.15, 0.2) is 53.4 Å². The molecule has 2 saturated heterocycles. The number of rotatable bonds is 8. The minimum absolute atomic E-state index is 0.000719. The van der Waals surface area contributed by atoms with Gasteiger partial charge in [0.05, 0.1) is 18.0 Å². The number of likely N-dealkylation sites (tertiary alicyclic amines) is 1. The number of methoxy groups -OCH3 is 1. The van der Waals surface area contributed by atoms with Crippen molar-refractivity contribution in [3.8, 4) is 5.75 Å². The molecule has 2 heterocycles. The average molecular weight is 486 g/mol. The summed E-state index contributed by atoms with van der Waals surface area (Å²) < 4.78 is 33.3. The molecule has 2 aliphatic rings. The zero-order valence-corrected chi connectivity index (χ0v) is 20.9. The summed E-state index contributed by atoms with van der Waals surface area (Å²) in [5.41, 5.74) is 1.51. The number of amides is 1. The molecule has 1 amide bonds. The molecule has 0 bridgehead atoms. The van der Waals surface area contributed by atoms with E-state index < -0.39 is 10.0 Å². The maximum absolute atomic E-state index is 13.1. The minimum Gasteiger partial charge on any atom is -0.496 e. The summed E-state index contributed by atoms with van der Waals surface area (Å²) in [4.78, 5) is 15.6. The second kappa shape index (κ2) is 10.9. The van der Waals surface area contributed by atoms with Gasteiger partial charge >= 0.3 is 0 Å². The van der Waals surface area contributed by atoms with Crippen LogP contribution in [-0.2, 0) is 10.0 Å². The molecular weight excluding hydrogens is 450 g/mol. The van der Waals surface area contributed by atoms with Crippen molar-refractivity contribution in [2.45, 2.75) is 56.0 Å². The Kier molecular flexibility index (Phi) is 7.91. The highest BCUT2D eigenvalue weighted by molar-refractivity contribution is 7.89. The van der Waals surface area contributed by atoms with Crippen LogP contribution in [0, 0.1) is 0 Å². The molecule has 2 aromatic carbocycles. The van der Waals surface area contributed by atoms with Crippen molar-refractivity contribution in [1.29, 1.82) is 0 Å². The highest BCUT2D eigenvalue weighted by Crippen LogP contribution is 2.31. The Bertz CT molecular complexity index is 1080. The van der Waals surface area contributed by atoms with E-state index in [0.717, 1.165) is 56.5 Å². The second-order valence-electron chi connectivity index (χ2n) is 9.20. The lowest BCUT2D eigenvalue weighted by molar-refractivity contribution is 0.0937. The number of carbonyl (C=O) groups is 1. The third kappa shape index (κ3) is 5.29.